The number of benzene rings is 1. The smallest absolute Gasteiger partial charge is 0.282 e. The summed E-state index contributed by atoms with van der Waals surface area (Å²) in [6, 6.07) is 10.00. The van der Waals surface area contributed by atoms with Gasteiger partial charge in [0.05, 0.1) is 0 Å². The van der Waals surface area contributed by atoms with E-state index in [-0.39, 0.29) is 5.91 Å². The van der Waals surface area contributed by atoms with E-state index in [9.17, 15) is 4.79 Å². The Balaban J connectivity index is 1.98. The van der Waals surface area contributed by atoms with Gasteiger partial charge in [-0.2, -0.15) is 0 Å². The summed E-state index contributed by atoms with van der Waals surface area (Å²) >= 11 is 1.47. The lowest BCUT2D eigenvalue weighted by Crippen LogP contribution is -2.40. The molecule has 0 saturated carbocycles. The van der Waals surface area contributed by atoms with Gasteiger partial charge in [0.15, 0.2) is 0 Å². The Kier molecular flexibility index (Phi) is 5.27. The van der Waals surface area contributed by atoms with E-state index in [1.165, 1.54) is 11.8 Å². The fourth-order valence-corrected chi connectivity index (χ4v) is 2.63. The average molecular weight is 278 g/mol. The fourth-order valence-electron chi connectivity index (χ4n) is 1.77. The minimum absolute atomic E-state index is 0.0313. The Labute approximate surface area is 117 Å². The van der Waals surface area contributed by atoms with Crippen molar-refractivity contribution < 1.29 is 9.63 Å². The summed E-state index contributed by atoms with van der Waals surface area (Å²) in [4.78, 5) is 19.1. The van der Waals surface area contributed by atoms with E-state index in [1.807, 2.05) is 42.2 Å². The predicted octanol–water partition coefficient (Wildman–Crippen LogP) is 2.50. The topological polar surface area (TPSA) is 41.9 Å². The van der Waals surface area contributed by atoms with Gasteiger partial charge in [-0.25, -0.2) is 0 Å². The van der Waals surface area contributed by atoms with Crippen LogP contribution in [0.4, 0.5) is 0 Å². The van der Waals surface area contributed by atoms with Crippen LogP contribution in [0.15, 0.2) is 35.5 Å². The van der Waals surface area contributed by atoms with E-state index >= 15 is 0 Å². The first-order valence-corrected chi connectivity index (χ1v) is 7.45. The first kappa shape index (κ1) is 13.9. The molecule has 1 saturated heterocycles. The molecule has 4 nitrogen and oxygen atoms in total. The molecule has 0 spiro atoms. The number of oxime groups is 1. The summed E-state index contributed by atoms with van der Waals surface area (Å²) in [7, 11) is 0. The molecule has 0 aliphatic carbocycles. The van der Waals surface area contributed by atoms with Crippen LogP contribution < -0.4 is 0 Å². The molecule has 0 bridgehead atoms. The minimum Gasteiger partial charge on any atom is -0.395 e. The summed E-state index contributed by atoms with van der Waals surface area (Å²) in [5.41, 5.74) is 1.14. The van der Waals surface area contributed by atoms with Gasteiger partial charge in [-0.3, -0.25) is 4.79 Å². The largest absolute Gasteiger partial charge is 0.395 e. The Hall–Kier alpha value is -1.49. The second kappa shape index (κ2) is 7.19. The molecule has 0 radical (unpaired) electrons. The number of rotatable bonds is 5. The van der Waals surface area contributed by atoms with Crippen LogP contribution >= 0.6 is 11.8 Å². The number of carbonyl (C=O) groups is 1. The highest BCUT2D eigenvalue weighted by molar-refractivity contribution is 8.15. The van der Waals surface area contributed by atoms with Crippen molar-refractivity contribution in [1.29, 1.82) is 0 Å². The SMILES string of the molecule is CCCON=C1SCCN(Cc2ccccc2)C1=O. The maximum atomic E-state index is 12.2. The van der Waals surface area contributed by atoms with E-state index in [4.69, 9.17) is 4.84 Å². The van der Waals surface area contributed by atoms with E-state index < -0.39 is 0 Å². The molecule has 2 rings (SSSR count). The van der Waals surface area contributed by atoms with Crippen LogP contribution in [-0.2, 0) is 16.2 Å². The molecule has 0 aromatic heterocycles. The molecule has 1 aromatic carbocycles. The quantitative estimate of drug-likeness (QED) is 0.614. The van der Waals surface area contributed by atoms with E-state index in [1.54, 1.807) is 0 Å². The molecule has 5 heteroatoms. The second-order valence-corrected chi connectivity index (χ2v) is 5.37. The summed E-state index contributed by atoms with van der Waals surface area (Å²) < 4.78 is 0. The summed E-state index contributed by atoms with van der Waals surface area (Å²) in [6.07, 6.45) is 0.892. The lowest BCUT2D eigenvalue weighted by Gasteiger charge is -2.26. The van der Waals surface area contributed by atoms with Gasteiger partial charge in [-0.1, -0.05) is 54.2 Å². The van der Waals surface area contributed by atoms with Crippen LogP contribution in [0.1, 0.15) is 18.9 Å². The Morgan fingerprint density at radius 2 is 2.16 bits per heavy atom. The van der Waals surface area contributed by atoms with Gasteiger partial charge in [0.25, 0.3) is 5.91 Å². The van der Waals surface area contributed by atoms with Crippen molar-refractivity contribution in [3.63, 3.8) is 0 Å². The van der Waals surface area contributed by atoms with Crippen molar-refractivity contribution in [3.8, 4) is 0 Å². The third-order valence-electron chi connectivity index (χ3n) is 2.73. The zero-order chi connectivity index (χ0) is 13.5. The van der Waals surface area contributed by atoms with Crippen LogP contribution in [0.25, 0.3) is 0 Å². The lowest BCUT2D eigenvalue weighted by atomic mass is 10.2. The maximum absolute atomic E-state index is 12.2. The predicted molar refractivity (Wildman–Crippen MR) is 78.0 cm³/mol. The van der Waals surface area contributed by atoms with Crippen molar-refractivity contribution in [1.82, 2.24) is 4.90 Å². The van der Waals surface area contributed by atoms with E-state index in [2.05, 4.69) is 5.16 Å². The molecule has 1 amide bonds. The molecule has 0 atom stereocenters. The molecule has 0 unspecified atom stereocenters. The zero-order valence-electron chi connectivity index (χ0n) is 11.0. The van der Waals surface area contributed by atoms with Crippen LogP contribution in [0.3, 0.4) is 0 Å². The second-order valence-electron chi connectivity index (χ2n) is 4.29. The molecular formula is C14H18N2O2S. The Morgan fingerprint density at radius 1 is 1.37 bits per heavy atom. The Morgan fingerprint density at radius 3 is 2.89 bits per heavy atom. The first-order chi connectivity index (χ1) is 9.31. The monoisotopic (exact) mass is 278 g/mol. The van der Waals surface area contributed by atoms with Crippen LogP contribution in [0.5, 0.6) is 0 Å². The van der Waals surface area contributed by atoms with Gasteiger partial charge in [-0.15, -0.1) is 0 Å². The minimum atomic E-state index is -0.0313. The van der Waals surface area contributed by atoms with Crippen molar-refractivity contribution >= 4 is 22.7 Å². The van der Waals surface area contributed by atoms with Crippen molar-refractivity contribution in [2.75, 3.05) is 18.9 Å². The average Bonchev–Trinajstić information content (AvgIpc) is 2.44. The van der Waals surface area contributed by atoms with Crippen LogP contribution in [0, 0.1) is 0 Å². The Bertz CT molecular complexity index is 448. The highest BCUT2D eigenvalue weighted by atomic mass is 32.2. The molecule has 1 aliphatic heterocycles. The zero-order valence-corrected chi connectivity index (χ0v) is 11.9. The number of thioether (sulfide) groups is 1. The molecule has 1 heterocycles. The maximum Gasteiger partial charge on any atom is 0.282 e. The number of carbonyl (C=O) groups excluding carboxylic acids is 1. The molecule has 19 heavy (non-hydrogen) atoms. The lowest BCUT2D eigenvalue weighted by molar-refractivity contribution is -0.124. The molecule has 1 aromatic rings. The molecule has 102 valence electrons. The van der Waals surface area contributed by atoms with Gasteiger partial charge < -0.3 is 9.74 Å². The summed E-state index contributed by atoms with van der Waals surface area (Å²) in [5.74, 6) is 0.837. The highest BCUT2D eigenvalue weighted by Gasteiger charge is 2.26. The molecule has 1 aliphatic rings. The number of nitrogens with zero attached hydrogens (tertiary/aromatic N) is 2. The van der Waals surface area contributed by atoms with Gasteiger partial charge in [0.1, 0.15) is 6.61 Å². The molecule has 1 fully saturated rings. The van der Waals surface area contributed by atoms with Crippen molar-refractivity contribution in [2.45, 2.75) is 19.9 Å². The first-order valence-electron chi connectivity index (χ1n) is 6.47. The third kappa shape index (κ3) is 3.99. The number of amides is 1. The normalized spacial score (nSPS) is 17.8. The number of hydrogen-bond acceptors (Lipinski definition) is 4. The standard InChI is InChI=1S/C14H18N2O2S/c1-2-9-18-15-13-14(17)16(8-10-19-13)11-12-6-4-3-5-7-12/h3-7H,2,8-11H2,1H3. The van der Waals surface area contributed by atoms with Crippen LogP contribution in [-0.4, -0.2) is 34.8 Å². The van der Waals surface area contributed by atoms with Gasteiger partial charge >= 0.3 is 0 Å². The van der Waals surface area contributed by atoms with Gasteiger partial charge in [-0.05, 0) is 12.0 Å². The molecular weight excluding hydrogens is 260 g/mol. The third-order valence-corrected chi connectivity index (χ3v) is 3.64. The molecule has 0 N–H and O–H groups in total. The fraction of sp³-hybridized carbons (Fsp3) is 0.429. The number of hydrogen-bond donors (Lipinski definition) is 0. The van der Waals surface area contributed by atoms with E-state index in [0.717, 1.165) is 24.3 Å². The van der Waals surface area contributed by atoms with Gasteiger partial charge in [0, 0.05) is 18.8 Å². The summed E-state index contributed by atoms with van der Waals surface area (Å²) in [5, 5.41) is 4.40. The van der Waals surface area contributed by atoms with Gasteiger partial charge in [0.2, 0.25) is 5.04 Å². The summed E-state index contributed by atoms with van der Waals surface area (Å²) in [6.45, 7) is 3.95. The highest BCUT2D eigenvalue weighted by Crippen LogP contribution is 2.17. The van der Waals surface area contributed by atoms with Crippen LogP contribution in [0.2, 0.25) is 0 Å². The van der Waals surface area contributed by atoms with E-state index in [0.29, 0.717) is 18.2 Å². The van der Waals surface area contributed by atoms with Crippen molar-refractivity contribution in [2.24, 2.45) is 5.16 Å². The van der Waals surface area contributed by atoms with Crippen molar-refractivity contribution in [3.05, 3.63) is 35.9 Å².